The predicted molar refractivity (Wildman–Crippen MR) is 101 cm³/mol. The fraction of sp³-hybridized carbons (Fsp3) is 0.474. The molecule has 0 aromatic carbocycles. The number of ether oxygens (including phenoxy) is 1. The normalized spacial score (nSPS) is 30.6. The lowest BCUT2D eigenvalue weighted by Gasteiger charge is -2.36. The highest BCUT2D eigenvalue weighted by Crippen LogP contribution is 2.61. The molecule has 4 heterocycles. The number of carbonyl (C=O) groups is 1. The van der Waals surface area contributed by atoms with Crippen molar-refractivity contribution >= 4 is 29.0 Å². The Morgan fingerprint density at radius 3 is 2.81 bits per heavy atom. The highest BCUT2D eigenvalue weighted by Gasteiger charge is 2.65. The minimum Gasteiger partial charge on any atom is -0.481 e. The smallest absolute Gasteiger partial charge is 0.232 e. The summed E-state index contributed by atoms with van der Waals surface area (Å²) in [6.07, 6.45) is 8.85. The van der Waals surface area contributed by atoms with E-state index >= 15 is 0 Å². The van der Waals surface area contributed by atoms with Gasteiger partial charge in [0.15, 0.2) is 0 Å². The van der Waals surface area contributed by atoms with Crippen molar-refractivity contribution in [3.63, 3.8) is 0 Å². The van der Waals surface area contributed by atoms with E-state index in [1.54, 1.807) is 31.8 Å². The second-order valence-corrected chi connectivity index (χ2v) is 8.11. The van der Waals surface area contributed by atoms with Gasteiger partial charge in [-0.3, -0.25) is 4.79 Å². The van der Waals surface area contributed by atoms with Crippen molar-refractivity contribution in [2.75, 3.05) is 17.3 Å². The maximum absolute atomic E-state index is 13.3. The summed E-state index contributed by atoms with van der Waals surface area (Å²) in [5.41, 5.74) is 0.314. The van der Waals surface area contributed by atoms with E-state index in [1.807, 2.05) is 6.07 Å². The third kappa shape index (κ3) is 2.56. The summed E-state index contributed by atoms with van der Waals surface area (Å²) in [6.45, 7) is 0. The van der Waals surface area contributed by atoms with Crippen LogP contribution in [0.1, 0.15) is 25.7 Å². The third-order valence-electron chi connectivity index (χ3n) is 6.31. The predicted octanol–water partition coefficient (Wildman–Crippen LogP) is 2.92. The van der Waals surface area contributed by atoms with E-state index in [9.17, 15) is 4.79 Å². The molecule has 27 heavy (non-hydrogen) atoms. The molecule has 140 valence electrons. The van der Waals surface area contributed by atoms with Crippen LogP contribution in [0.25, 0.3) is 0 Å². The van der Waals surface area contributed by atoms with Crippen LogP contribution in [0, 0.1) is 11.3 Å². The second kappa shape index (κ2) is 6.05. The van der Waals surface area contributed by atoms with Crippen LogP contribution in [0.3, 0.4) is 0 Å². The molecular formula is C19H20ClN5O2. The van der Waals surface area contributed by atoms with Gasteiger partial charge < -0.3 is 15.0 Å². The maximum Gasteiger partial charge on any atom is 0.232 e. The Balaban J connectivity index is 1.42. The third-order valence-corrected chi connectivity index (χ3v) is 6.50. The topological polar surface area (TPSA) is 80.2 Å². The quantitative estimate of drug-likeness (QED) is 0.871. The van der Waals surface area contributed by atoms with Gasteiger partial charge in [-0.1, -0.05) is 11.6 Å². The number of anilines is 2. The number of rotatable bonds is 4. The van der Waals surface area contributed by atoms with Crippen LogP contribution in [0.2, 0.25) is 5.15 Å². The van der Waals surface area contributed by atoms with Crippen LogP contribution < -0.4 is 15.0 Å². The minimum atomic E-state index is -0.380. The molecular weight excluding hydrogens is 366 g/mol. The van der Waals surface area contributed by atoms with Crippen LogP contribution in [0.5, 0.6) is 5.88 Å². The summed E-state index contributed by atoms with van der Waals surface area (Å²) in [4.78, 5) is 28.4. The van der Waals surface area contributed by atoms with Crippen LogP contribution in [0.15, 0.2) is 30.7 Å². The zero-order valence-corrected chi connectivity index (χ0v) is 15.7. The lowest BCUT2D eigenvalue weighted by atomic mass is 9.75. The van der Waals surface area contributed by atoms with E-state index in [4.69, 9.17) is 16.3 Å². The molecule has 1 N–H and O–H groups in total. The number of halogens is 1. The molecule has 2 aromatic rings. The van der Waals surface area contributed by atoms with Crippen molar-refractivity contribution in [3.05, 3.63) is 35.9 Å². The van der Waals surface area contributed by atoms with Gasteiger partial charge in [0.2, 0.25) is 11.8 Å². The summed E-state index contributed by atoms with van der Waals surface area (Å²) in [5, 5.41) is 3.46. The molecule has 4 aliphatic rings. The number of nitrogens with one attached hydrogen (secondary N) is 1. The molecule has 2 aliphatic heterocycles. The van der Waals surface area contributed by atoms with Crippen molar-refractivity contribution in [3.8, 4) is 5.88 Å². The van der Waals surface area contributed by atoms with Crippen molar-refractivity contribution in [2.45, 2.75) is 37.8 Å². The molecule has 4 unspecified atom stereocenters. The first-order chi connectivity index (χ1) is 13.1. The molecule has 4 fully saturated rings. The van der Waals surface area contributed by atoms with Gasteiger partial charge in [-0.05, 0) is 37.7 Å². The summed E-state index contributed by atoms with van der Waals surface area (Å²) in [6, 6.07) is 4.06. The Labute approximate surface area is 162 Å². The van der Waals surface area contributed by atoms with Crippen LogP contribution >= 0.6 is 11.6 Å². The first-order valence-electron chi connectivity index (χ1n) is 9.16. The average Bonchev–Trinajstić information content (AvgIpc) is 3.07. The van der Waals surface area contributed by atoms with E-state index in [1.165, 1.54) is 0 Å². The molecule has 0 spiro atoms. The monoisotopic (exact) mass is 385 g/mol. The Morgan fingerprint density at radius 1 is 1.22 bits per heavy atom. The first kappa shape index (κ1) is 16.7. The average molecular weight is 386 g/mol. The summed E-state index contributed by atoms with van der Waals surface area (Å²) in [7, 11) is 1.57. The number of pyridine rings is 1. The number of carbonyl (C=O) groups excluding carboxylic acids is 1. The molecule has 0 radical (unpaired) electrons. The molecule has 8 heteroatoms. The number of nitrogens with zero attached hydrogens (tertiary/aromatic N) is 4. The number of methoxy groups -OCH3 is 1. The summed E-state index contributed by atoms with van der Waals surface area (Å²) in [5.74, 6) is 2.02. The Kier molecular flexibility index (Phi) is 3.75. The number of amides is 1. The molecule has 4 bridgehead atoms. The first-order valence-corrected chi connectivity index (χ1v) is 9.54. The van der Waals surface area contributed by atoms with E-state index in [2.05, 4.69) is 25.2 Å². The zero-order chi connectivity index (χ0) is 18.6. The number of aromatic nitrogens is 3. The Bertz CT molecular complexity index is 875. The highest BCUT2D eigenvalue weighted by molar-refractivity contribution is 6.29. The number of hydrogen-bond acceptors (Lipinski definition) is 6. The van der Waals surface area contributed by atoms with Crippen LogP contribution in [-0.4, -0.2) is 40.1 Å². The zero-order valence-electron chi connectivity index (χ0n) is 14.9. The molecule has 7 nitrogen and oxygen atoms in total. The minimum absolute atomic E-state index is 0.0797. The lowest BCUT2D eigenvalue weighted by Crippen LogP contribution is -2.45. The number of hydrogen-bond donors (Lipinski definition) is 1. The SMILES string of the molecule is COc1ccc(NC(=O)C23CC4CC(C2)N(c2cnc(Cl)cn2)C3C4)cn1. The van der Waals surface area contributed by atoms with Gasteiger partial charge in [-0.15, -0.1) is 0 Å². The van der Waals surface area contributed by atoms with Crippen molar-refractivity contribution in [2.24, 2.45) is 11.3 Å². The van der Waals surface area contributed by atoms with E-state index in [-0.39, 0.29) is 17.4 Å². The van der Waals surface area contributed by atoms with Crippen LogP contribution in [0.4, 0.5) is 11.5 Å². The molecule has 2 saturated carbocycles. The Hall–Kier alpha value is -2.41. The highest BCUT2D eigenvalue weighted by atomic mass is 35.5. The van der Waals surface area contributed by atoms with Gasteiger partial charge in [0, 0.05) is 18.2 Å². The molecule has 1 amide bonds. The molecule has 2 aliphatic carbocycles. The number of piperidine rings is 1. The fourth-order valence-electron chi connectivity index (χ4n) is 5.36. The van der Waals surface area contributed by atoms with Gasteiger partial charge in [0.1, 0.15) is 11.0 Å². The molecule has 2 saturated heterocycles. The van der Waals surface area contributed by atoms with Gasteiger partial charge >= 0.3 is 0 Å². The van der Waals surface area contributed by atoms with Crippen LogP contribution in [-0.2, 0) is 4.79 Å². The standard InChI is InChI=1S/C19H20ClN5O2/c1-27-17-3-2-12(8-23-17)24-18(26)19-6-11-4-13(7-19)25(14(19)5-11)16-10-21-15(20)9-22-16/h2-3,8-11,13-14H,4-7H2,1H3,(H,24,26). The van der Waals surface area contributed by atoms with Crippen molar-refractivity contribution in [1.82, 2.24) is 15.0 Å². The van der Waals surface area contributed by atoms with Gasteiger partial charge in [0.05, 0.1) is 36.8 Å². The molecule has 6 rings (SSSR count). The van der Waals surface area contributed by atoms with E-state index < -0.39 is 0 Å². The Morgan fingerprint density at radius 2 is 2.11 bits per heavy atom. The van der Waals surface area contributed by atoms with Gasteiger partial charge in [-0.2, -0.15) is 0 Å². The maximum atomic E-state index is 13.3. The van der Waals surface area contributed by atoms with Gasteiger partial charge in [0.25, 0.3) is 0 Å². The second-order valence-electron chi connectivity index (χ2n) is 7.72. The van der Waals surface area contributed by atoms with E-state index in [0.717, 1.165) is 31.5 Å². The summed E-state index contributed by atoms with van der Waals surface area (Å²) >= 11 is 5.89. The lowest BCUT2D eigenvalue weighted by molar-refractivity contribution is -0.125. The van der Waals surface area contributed by atoms with Gasteiger partial charge in [-0.25, -0.2) is 15.0 Å². The molecule has 4 atom stereocenters. The summed E-state index contributed by atoms with van der Waals surface area (Å²) < 4.78 is 5.08. The molecule has 2 aromatic heterocycles. The van der Waals surface area contributed by atoms with Crippen molar-refractivity contribution in [1.29, 1.82) is 0 Å². The fourth-order valence-corrected chi connectivity index (χ4v) is 5.46. The van der Waals surface area contributed by atoms with Crippen molar-refractivity contribution < 1.29 is 9.53 Å². The largest absolute Gasteiger partial charge is 0.481 e. The van der Waals surface area contributed by atoms with E-state index in [0.29, 0.717) is 28.7 Å².